The molecule has 0 aliphatic rings. The van der Waals surface area contributed by atoms with Gasteiger partial charge in [-0.05, 0) is 13.0 Å². The first-order chi connectivity index (χ1) is 6.02. The number of carbonyl (C=O) groups excluding carboxylic acids is 1. The monoisotopic (exact) mass is 186 g/mol. The summed E-state index contributed by atoms with van der Waals surface area (Å²) < 4.78 is 25.0. The van der Waals surface area contributed by atoms with Gasteiger partial charge in [-0.3, -0.25) is 9.78 Å². The first kappa shape index (κ1) is 9.57. The normalized spacial score (nSPS) is 12.5. The Morgan fingerprint density at radius 2 is 2.15 bits per heavy atom. The molecule has 1 aromatic heterocycles. The molecule has 1 amide bonds. The summed E-state index contributed by atoms with van der Waals surface area (Å²) in [6.45, 7) is 1.47. The Bertz CT molecular complexity index is 341. The van der Waals surface area contributed by atoms with Gasteiger partial charge in [0.25, 0.3) is 0 Å². The number of primary amides is 1. The Labute approximate surface area is 73.6 Å². The zero-order valence-corrected chi connectivity index (χ0v) is 6.92. The van der Waals surface area contributed by atoms with Crippen LogP contribution in [0.4, 0.5) is 8.78 Å². The third-order valence-electron chi connectivity index (χ3n) is 1.70. The second-order valence-electron chi connectivity index (χ2n) is 2.65. The maximum absolute atomic E-state index is 12.6. The fraction of sp³-hybridized carbons (Fsp3) is 0.250. The third-order valence-corrected chi connectivity index (χ3v) is 1.70. The van der Waals surface area contributed by atoms with Crippen LogP contribution in [0.1, 0.15) is 18.5 Å². The summed E-state index contributed by atoms with van der Waals surface area (Å²) in [5, 5.41) is 0. The molecule has 1 aromatic rings. The molecule has 1 rings (SSSR count). The van der Waals surface area contributed by atoms with E-state index in [0.29, 0.717) is 0 Å². The van der Waals surface area contributed by atoms with Crippen molar-refractivity contribution >= 4 is 5.91 Å². The number of carbonyl (C=O) groups is 1. The highest BCUT2D eigenvalue weighted by Gasteiger charge is 2.15. The molecule has 1 unspecified atom stereocenters. The molecule has 70 valence electrons. The predicted molar refractivity (Wildman–Crippen MR) is 41.8 cm³/mol. The first-order valence-corrected chi connectivity index (χ1v) is 3.62. The smallest absolute Gasteiger partial charge is 0.226 e. The van der Waals surface area contributed by atoms with Gasteiger partial charge >= 0.3 is 0 Å². The van der Waals surface area contributed by atoms with E-state index in [-0.39, 0.29) is 5.69 Å². The average molecular weight is 186 g/mol. The largest absolute Gasteiger partial charge is 0.369 e. The van der Waals surface area contributed by atoms with Gasteiger partial charge in [0.2, 0.25) is 5.91 Å². The molecule has 0 bridgehead atoms. The summed E-state index contributed by atoms with van der Waals surface area (Å²) in [6, 6.07) is 0.866. The first-order valence-electron chi connectivity index (χ1n) is 3.62. The van der Waals surface area contributed by atoms with Crippen molar-refractivity contribution in [1.82, 2.24) is 4.98 Å². The molecule has 0 aromatic carbocycles. The van der Waals surface area contributed by atoms with Crippen LogP contribution in [0.15, 0.2) is 12.3 Å². The van der Waals surface area contributed by atoms with Crippen LogP contribution in [0.2, 0.25) is 0 Å². The second kappa shape index (κ2) is 3.47. The molecule has 0 aliphatic carbocycles. The fourth-order valence-corrected chi connectivity index (χ4v) is 0.811. The van der Waals surface area contributed by atoms with E-state index in [1.165, 1.54) is 6.92 Å². The molecule has 0 saturated heterocycles. The van der Waals surface area contributed by atoms with Crippen molar-refractivity contribution in [2.24, 2.45) is 5.73 Å². The number of pyridine rings is 1. The van der Waals surface area contributed by atoms with Crippen molar-refractivity contribution in [3.63, 3.8) is 0 Å². The Morgan fingerprint density at radius 1 is 1.54 bits per heavy atom. The number of nitrogens with two attached hydrogens (primary N) is 1. The molecule has 0 fully saturated rings. The highest BCUT2D eigenvalue weighted by Crippen LogP contribution is 2.14. The van der Waals surface area contributed by atoms with Gasteiger partial charge in [-0.2, -0.15) is 0 Å². The van der Waals surface area contributed by atoms with Gasteiger partial charge in [-0.25, -0.2) is 8.78 Å². The number of aromatic nitrogens is 1. The van der Waals surface area contributed by atoms with Crippen LogP contribution in [0, 0.1) is 11.6 Å². The van der Waals surface area contributed by atoms with Crippen LogP contribution in [-0.2, 0) is 4.79 Å². The van der Waals surface area contributed by atoms with Gasteiger partial charge < -0.3 is 5.73 Å². The molecule has 0 spiro atoms. The van der Waals surface area contributed by atoms with E-state index in [2.05, 4.69) is 4.98 Å². The van der Waals surface area contributed by atoms with Crippen molar-refractivity contribution in [3.05, 3.63) is 29.6 Å². The van der Waals surface area contributed by atoms with Gasteiger partial charge in [0, 0.05) is 0 Å². The van der Waals surface area contributed by atoms with E-state index in [9.17, 15) is 13.6 Å². The number of nitrogens with zero attached hydrogens (tertiary/aromatic N) is 1. The summed E-state index contributed by atoms with van der Waals surface area (Å²) in [5.74, 6) is -3.41. The summed E-state index contributed by atoms with van der Waals surface area (Å²) in [7, 11) is 0. The summed E-state index contributed by atoms with van der Waals surface area (Å²) >= 11 is 0. The van der Waals surface area contributed by atoms with E-state index in [4.69, 9.17) is 5.73 Å². The maximum atomic E-state index is 12.6. The molecule has 0 radical (unpaired) electrons. The molecule has 0 aliphatic heterocycles. The Hall–Kier alpha value is -1.52. The molecule has 5 heteroatoms. The van der Waals surface area contributed by atoms with E-state index in [1.54, 1.807) is 0 Å². The SMILES string of the molecule is CC(C(N)=O)c1cc(F)c(F)cn1. The van der Waals surface area contributed by atoms with Crippen molar-refractivity contribution in [1.29, 1.82) is 0 Å². The quantitative estimate of drug-likeness (QED) is 0.747. The molecule has 2 N–H and O–H groups in total. The van der Waals surface area contributed by atoms with Gasteiger partial charge in [0.15, 0.2) is 11.6 Å². The van der Waals surface area contributed by atoms with Crippen LogP contribution in [0.3, 0.4) is 0 Å². The molecule has 3 nitrogen and oxygen atoms in total. The van der Waals surface area contributed by atoms with Crippen LogP contribution in [0.5, 0.6) is 0 Å². The van der Waals surface area contributed by atoms with Crippen LogP contribution in [-0.4, -0.2) is 10.9 Å². The van der Waals surface area contributed by atoms with Gasteiger partial charge in [0.1, 0.15) is 0 Å². The number of amides is 1. The topological polar surface area (TPSA) is 56.0 Å². The number of halogens is 2. The number of rotatable bonds is 2. The van der Waals surface area contributed by atoms with E-state index in [0.717, 1.165) is 12.3 Å². The van der Waals surface area contributed by atoms with E-state index >= 15 is 0 Å². The average Bonchev–Trinajstić information content (AvgIpc) is 2.08. The van der Waals surface area contributed by atoms with E-state index in [1.807, 2.05) is 0 Å². The Balaban J connectivity index is 3.03. The van der Waals surface area contributed by atoms with Crippen molar-refractivity contribution < 1.29 is 13.6 Å². The molecule has 1 atom stereocenters. The maximum Gasteiger partial charge on any atom is 0.226 e. The third kappa shape index (κ3) is 1.99. The highest BCUT2D eigenvalue weighted by molar-refractivity contribution is 5.80. The molecule has 1 heterocycles. The lowest BCUT2D eigenvalue weighted by Crippen LogP contribution is -2.19. The lowest BCUT2D eigenvalue weighted by atomic mass is 10.1. The Morgan fingerprint density at radius 3 is 2.62 bits per heavy atom. The van der Waals surface area contributed by atoms with Crippen LogP contribution < -0.4 is 5.73 Å². The van der Waals surface area contributed by atoms with Crippen molar-refractivity contribution in [3.8, 4) is 0 Å². The minimum atomic E-state index is -1.04. The van der Waals surface area contributed by atoms with Gasteiger partial charge in [-0.15, -0.1) is 0 Å². The molecular weight excluding hydrogens is 178 g/mol. The highest BCUT2D eigenvalue weighted by atomic mass is 19.2. The van der Waals surface area contributed by atoms with E-state index < -0.39 is 23.5 Å². The Kier molecular flexibility index (Phi) is 2.55. The number of hydrogen-bond acceptors (Lipinski definition) is 2. The minimum Gasteiger partial charge on any atom is -0.369 e. The van der Waals surface area contributed by atoms with Crippen LogP contribution in [0.25, 0.3) is 0 Å². The zero-order chi connectivity index (χ0) is 10.0. The predicted octanol–water partition coefficient (Wildman–Crippen LogP) is 0.949. The molecule has 0 saturated carbocycles. The fourth-order valence-electron chi connectivity index (χ4n) is 0.811. The lowest BCUT2D eigenvalue weighted by Gasteiger charge is -2.05. The molecule has 13 heavy (non-hydrogen) atoms. The second-order valence-corrected chi connectivity index (χ2v) is 2.65. The summed E-state index contributed by atoms with van der Waals surface area (Å²) in [5.41, 5.74) is 5.09. The zero-order valence-electron chi connectivity index (χ0n) is 6.92. The lowest BCUT2D eigenvalue weighted by molar-refractivity contribution is -0.119. The van der Waals surface area contributed by atoms with Crippen LogP contribution >= 0.6 is 0 Å². The molecular formula is C8H8F2N2O. The van der Waals surface area contributed by atoms with Crippen molar-refractivity contribution in [2.45, 2.75) is 12.8 Å². The van der Waals surface area contributed by atoms with Crippen molar-refractivity contribution in [2.75, 3.05) is 0 Å². The summed E-state index contributed by atoms with van der Waals surface area (Å²) in [4.78, 5) is 14.2. The summed E-state index contributed by atoms with van der Waals surface area (Å²) in [6.07, 6.45) is 0.726. The number of hydrogen-bond donors (Lipinski definition) is 1. The van der Waals surface area contributed by atoms with Gasteiger partial charge in [-0.1, -0.05) is 0 Å². The van der Waals surface area contributed by atoms with Gasteiger partial charge in [0.05, 0.1) is 17.8 Å². The minimum absolute atomic E-state index is 0.131. The standard InChI is InChI=1S/C8H8F2N2O/c1-4(8(11)13)7-2-5(9)6(10)3-12-7/h2-4H,1H3,(H2,11,13).